The van der Waals surface area contributed by atoms with Gasteiger partial charge >= 0.3 is 12.3 Å². The van der Waals surface area contributed by atoms with Crippen molar-refractivity contribution >= 4 is 11.6 Å². The van der Waals surface area contributed by atoms with Gasteiger partial charge < -0.3 is 4.74 Å². The van der Waals surface area contributed by atoms with Crippen LogP contribution in [0.25, 0.3) is 0 Å². The number of ether oxygens (including phenoxy) is 1. The monoisotopic (exact) mass is 666 g/mol. The van der Waals surface area contributed by atoms with Crippen molar-refractivity contribution in [1.29, 1.82) is 0 Å². The zero-order valence-corrected chi connectivity index (χ0v) is 24.5. The summed E-state index contributed by atoms with van der Waals surface area (Å²) in [6.07, 6.45) is -13.3. The van der Waals surface area contributed by atoms with Crippen molar-refractivity contribution in [2.75, 3.05) is 0 Å². The molecule has 44 heavy (non-hydrogen) atoms. The summed E-state index contributed by atoms with van der Waals surface area (Å²) in [5.41, 5.74) is -0.146. The van der Waals surface area contributed by atoms with E-state index in [1.807, 2.05) is 0 Å². The third-order valence-electron chi connectivity index (χ3n) is 8.86. The topological polar surface area (TPSA) is 9.23 Å². The Morgan fingerprint density at radius 2 is 1.45 bits per heavy atom. The lowest BCUT2D eigenvalue weighted by molar-refractivity contribution is -0.309. The molecule has 7 unspecified atom stereocenters. The molecule has 13 heteroatoms. The minimum atomic E-state index is -5.26. The molecule has 10 atom stereocenters. The summed E-state index contributed by atoms with van der Waals surface area (Å²) in [5, 5.41) is -1.24. The highest BCUT2D eigenvalue weighted by Crippen LogP contribution is 2.48. The molecule has 0 amide bonds. The first-order valence-electron chi connectivity index (χ1n) is 14.8. The molecule has 1 saturated carbocycles. The predicted molar refractivity (Wildman–Crippen MR) is 144 cm³/mol. The Balaban J connectivity index is 1.44. The first-order valence-corrected chi connectivity index (χ1v) is 15.2. The second-order valence-corrected chi connectivity index (χ2v) is 12.5. The smallest absolute Gasteiger partial charge is 0.316 e. The Bertz CT molecular complexity index is 1180. The van der Waals surface area contributed by atoms with Gasteiger partial charge in [0.05, 0.1) is 17.4 Å². The summed E-state index contributed by atoms with van der Waals surface area (Å²) < 4.78 is 161. The fourth-order valence-corrected chi connectivity index (χ4v) is 7.04. The van der Waals surface area contributed by atoms with Crippen LogP contribution < -0.4 is 0 Å². The van der Waals surface area contributed by atoms with E-state index < -0.39 is 102 Å². The quantitative estimate of drug-likeness (QED) is 0.135. The largest absolute Gasteiger partial charge is 0.397 e. The maximum absolute atomic E-state index is 15.3. The number of halogens is 12. The Hall–Kier alpha value is -1.82. The summed E-state index contributed by atoms with van der Waals surface area (Å²) in [4.78, 5) is 0. The van der Waals surface area contributed by atoms with Gasteiger partial charge in [-0.25, -0.2) is 26.3 Å². The Morgan fingerprint density at radius 1 is 0.818 bits per heavy atom. The molecule has 4 aliphatic carbocycles. The average Bonchev–Trinajstić information content (AvgIpc) is 2.86. The van der Waals surface area contributed by atoms with Crippen molar-refractivity contribution in [3.05, 3.63) is 59.0 Å². The van der Waals surface area contributed by atoms with E-state index in [2.05, 4.69) is 11.7 Å². The molecule has 0 aromatic carbocycles. The fourth-order valence-electron chi connectivity index (χ4n) is 6.63. The third kappa shape index (κ3) is 7.76. The van der Waals surface area contributed by atoms with E-state index in [-0.39, 0.29) is 11.5 Å². The van der Waals surface area contributed by atoms with Gasteiger partial charge in [0, 0.05) is 18.8 Å². The van der Waals surface area contributed by atoms with E-state index >= 15 is 13.2 Å². The van der Waals surface area contributed by atoms with Crippen molar-refractivity contribution in [2.24, 2.45) is 29.6 Å². The standard InChI is InChI=1S/C31H34ClF11O/c1-2-3-4-5-15-6-7-19(21(33)8-15)16-9-20(32)27(22(34)10-16)17-11-23(35)29(24(36)12-17)31(42,43)44-18-13-25(37)28(26(38)14-18)30(39,40)41/h8-12,15,18-20,23,25-29H,2-7,13-14H2,1H3/t15?,18?,19-,20?,23?,25+,26?,27?,28?,29+/m1/s1. The minimum absolute atomic E-state index is 0.0686. The molecule has 248 valence electrons. The van der Waals surface area contributed by atoms with Gasteiger partial charge in [-0.05, 0) is 60.6 Å². The minimum Gasteiger partial charge on any atom is -0.316 e. The summed E-state index contributed by atoms with van der Waals surface area (Å²) in [7, 11) is 0. The molecule has 4 rings (SSSR count). The number of rotatable bonds is 9. The molecule has 1 nitrogen and oxygen atoms in total. The Labute approximate surface area is 253 Å². The van der Waals surface area contributed by atoms with Crippen molar-refractivity contribution in [1.82, 2.24) is 0 Å². The van der Waals surface area contributed by atoms with Crippen LogP contribution in [-0.2, 0) is 4.74 Å². The molecule has 0 N–H and O–H groups in total. The maximum atomic E-state index is 15.3. The van der Waals surface area contributed by atoms with Gasteiger partial charge in [0.25, 0.3) is 0 Å². The van der Waals surface area contributed by atoms with Crippen LogP contribution in [0.3, 0.4) is 0 Å². The molecule has 4 aliphatic rings. The van der Waals surface area contributed by atoms with E-state index in [9.17, 15) is 35.1 Å². The molecule has 0 aliphatic heterocycles. The van der Waals surface area contributed by atoms with E-state index in [0.29, 0.717) is 25.0 Å². The van der Waals surface area contributed by atoms with Crippen LogP contribution >= 0.6 is 11.6 Å². The van der Waals surface area contributed by atoms with Crippen molar-refractivity contribution in [3.8, 4) is 0 Å². The van der Waals surface area contributed by atoms with Crippen molar-refractivity contribution in [3.63, 3.8) is 0 Å². The van der Waals surface area contributed by atoms with Gasteiger partial charge in [0.1, 0.15) is 47.8 Å². The van der Waals surface area contributed by atoms with E-state index in [1.165, 1.54) is 12.2 Å². The molecule has 0 saturated heterocycles. The van der Waals surface area contributed by atoms with Crippen molar-refractivity contribution in [2.45, 2.75) is 101 Å². The molecule has 0 aromatic rings. The number of alkyl halides is 9. The average molecular weight is 667 g/mol. The fraction of sp³-hybridized carbons (Fsp3) is 0.677. The molecule has 1 fully saturated rings. The van der Waals surface area contributed by atoms with Gasteiger partial charge in [-0.1, -0.05) is 32.3 Å². The van der Waals surface area contributed by atoms with Crippen molar-refractivity contribution < 1.29 is 53.0 Å². The molecule has 0 spiro atoms. The summed E-state index contributed by atoms with van der Waals surface area (Å²) >= 11 is 6.37. The van der Waals surface area contributed by atoms with Gasteiger partial charge in [0.15, 0.2) is 0 Å². The van der Waals surface area contributed by atoms with Gasteiger partial charge in [-0.2, -0.15) is 22.0 Å². The van der Waals surface area contributed by atoms with E-state index in [4.69, 9.17) is 11.6 Å². The zero-order chi connectivity index (χ0) is 32.6. The summed E-state index contributed by atoms with van der Waals surface area (Å²) in [6.45, 7) is 2.06. The third-order valence-corrected chi connectivity index (χ3v) is 9.23. The van der Waals surface area contributed by atoms with Crippen LogP contribution in [0, 0.1) is 29.6 Å². The highest BCUT2D eigenvalue weighted by molar-refractivity contribution is 6.22. The zero-order valence-electron chi connectivity index (χ0n) is 23.8. The van der Waals surface area contributed by atoms with Crippen LogP contribution in [-0.4, -0.2) is 42.3 Å². The Kier molecular flexibility index (Phi) is 11.1. The molecule has 0 radical (unpaired) electrons. The first kappa shape index (κ1) is 35.0. The van der Waals surface area contributed by atoms with E-state index in [0.717, 1.165) is 31.8 Å². The lowest BCUT2D eigenvalue weighted by Crippen LogP contribution is -2.49. The van der Waals surface area contributed by atoms with Crippen LogP contribution in [0.2, 0.25) is 0 Å². The van der Waals surface area contributed by atoms with Crippen LogP contribution in [0.15, 0.2) is 59.0 Å². The highest BCUT2D eigenvalue weighted by atomic mass is 35.5. The lowest BCUT2D eigenvalue weighted by Gasteiger charge is -2.38. The molecular weight excluding hydrogens is 633 g/mol. The number of hydrogen-bond acceptors (Lipinski definition) is 1. The van der Waals surface area contributed by atoms with Gasteiger partial charge in [-0.15, -0.1) is 11.6 Å². The van der Waals surface area contributed by atoms with Crippen LogP contribution in [0.1, 0.15) is 58.3 Å². The summed E-state index contributed by atoms with van der Waals surface area (Å²) in [6, 6.07) is 0. The molecule has 0 aromatic heterocycles. The predicted octanol–water partition coefficient (Wildman–Crippen LogP) is 10.8. The van der Waals surface area contributed by atoms with Gasteiger partial charge in [-0.3, -0.25) is 0 Å². The maximum Gasteiger partial charge on any atom is 0.397 e. The highest BCUT2D eigenvalue weighted by Gasteiger charge is 2.57. The molecule has 0 heterocycles. The number of allylic oxidation sites excluding steroid dienone is 9. The summed E-state index contributed by atoms with van der Waals surface area (Å²) in [5.74, 6) is -11.3. The number of unbranched alkanes of at least 4 members (excludes halogenated alkanes) is 2. The second-order valence-electron chi connectivity index (χ2n) is 12.0. The normalized spacial score (nSPS) is 37.1. The van der Waals surface area contributed by atoms with E-state index in [1.54, 1.807) is 0 Å². The van der Waals surface area contributed by atoms with Gasteiger partial charge in [0.2, 0.25) is 0 Å². The Morgan fingerprint density at radius 3 is 2.00 bits per heavy atom. The molecule has 0 bridgehead atoms. The van der Waals surface area contributed by atoms with Crippen LogP contribution in [0.4, 0.5) is 48.3 Å². The number of hydrogen-bond donors (Lipinski definition) is 0. The van der Waals surface area contributed by atoms with Crippen LogP contribution in [0.5, 0.6) is 0 Å². The lowest BCUT2D eigenvalue weighted by atomic mass is 9.77. The second kappa shape index (κ2) is 13.9. The first-order chi connectivity index (χ1) is 20.5. The SMILES string of the molecule is CCCCCC1C=C(F)[C@@H](C2=CC(Cl)C(C3=CC(F)[C@H](C(F)(F)OC4CC(F)C(C(F)(F)F)[C@@H](F)C4)C(F)=C3)C(F)=C2)CC1. The molecular formula is C31H34ClF11O.